The van der Waals surface area contributed by atoms with Crippen LogP contribution in [-0.4, -0.2) is 17.7 Å². The molecule has 0 heterocycles. The second-order valence-electron chi connectivity index (χ2n) is 4.73. The number of hydrogen-bond acceptors (Lipinski definition) is 2. The fourth-order valence-corrected chi connectivity index (χ4v) is 2.51. The highest BCUT2D eigenvalue weighted by Gasteiger charge is 2.31. The summed E-state index contributed by atoms with van der Waals surface area (Å²) < 4.78 is 18.7. The second-order valence-corrected chi connectivity index (χ2v) is 4.73. The van der Waals surface area contributed by atoms with Crippen molar-refractivity contribution in [3.05, 3.63) is 30.1 Å². The Labute approximate surface area is 106 Å². The quantitative estimate of drug-likeness (QED) is 0.875. The predicted molar refractivity (Wildman–Crippen MR) is 65.0 cm³/mol. The van der Waals surface area contributed by atoms with Gasteiger partial charge in [0.25, 0.3) is 0 Å². The molecule has 0 radical (unpaired) electrons. The van der Waals surface area contributed by atoms with Crippen molar-refractivity contribution in [2.45, 2.75) is 25.7 Å². The summed E-state index contributed by atoms with van der Waals surface area (Å²) in [7, 11) is 0. The lowest BCUT2D eigenvalue weighted by Crippen LogP contribution is -2.28. The summed E-state index contributed by atoms with van der Waals surface area (Å²) >= 11 is 0. The number of carboxylic acid groups (broad SMARTS) is 1. The maximum absolute atomic E-state index is 13.3. The third kappa shape index (κ3) is 3.00. The first kappa shape index (κ1) is 12.9. The van der Waals surface area contributed by atoms with E-state index in [1.807, 2.05) is 0 Å². The molecule has 1 fully saturated rings. The van der Waals surface area contributed by atoms with Gasteiger partial charge < -0.3 is 9.84 Å². The molecular formula is C14H17FO3. The highest BCUT2D eigenvalue weighted by molar-refractivity contribution is 5.70. The molecule has 0 bridgehead atoms. The second kappa shape index (κ2) is 5.85. The number of para-hydroxylation sites is 1. The van der Waals surface area contributed by atoms with Gasteiger partial charge in [-0.3, -0.25) is 4.79 Å². The van der Waals surface area contributed by atoms with Crippen LogP contribution in [0, 0.1) is 17.7 Å². The zero-order valence-corrected chi connectivity index (χ0v) is 10.1. The molecule has 0 spiro atoms. The highest BCUT2D eigenvalue weighted by atomic mass is 19.1. The molecule has 0 amide bonds. The van der Waals surface area contributed by atoms with Crippen LogP contribution in [0.2, 0.25) is 0 Å². The van der Waals surface area contributed by atoms with E-state index in [4.69, 9.17) is 4.74 Å². The smallest absolute Gasteiger partial charge is 0.310 e. The monoisotopic (exact) mass is 252 g/mol. The Morgan fingerprint density at radius 3 is 2.67 bits per heavy atom. The minimum Gasteiger partial charge on any atom is -0.490 e. The number of benzene rings is 1. The molecule has 18 heavy (non-hydrogen) atoms. The van der Waals surface area contributed by atoms with Gasteiger partial charge >= 0.3 is 5.97 Å². The number of rotatable bonds is 5. The lowest BCUT2D eigenvalue weighted by atomic mass is 9.92. The van der Waals surface area contributed by atoms with Crippen molar-refractivity contribution < 1.29 is 19.0 Å². The number of carbonyl (C=O) groups is 1. The third-order valence-electron chi connectivity index (χ3n) is 3.54. The summed E-state index contributed by atoms with van der Waals surface area (Å²) in [5, 5.41) is 9.21. The molecule has 0 aliphatic heterocycles. The third-order valence-corrected chi connectivity index (χ3v) is 3.54. The Balaban J connectivity index is 1.97. The Bertz CT molecular complexity index is 413. The molecule has 1 aliphatic rings. The molecule has 1 aliphatic carbocycles. The van der Waals surface area contributed by atoms with E-state index < -0.39 is 17.7 Å². The van der Waals surface area contributed by atoms with Crippen LogP contribution in [-0.2, 0) is 4.79 Å². The van der Waals surface area contributed by atoms with E-state index in [9.17, 15) is 14.3 Å². The van der Waals surface area contributed by atoms with Crippen molar-refractivity contribution in [2.24, 2.45) is 11.8 Å². The molecule has 3 nitrogen and oxygen atoms in total. The molecule has 1 aromatic carbocycles. The van der Waals surface area contributed by atoms with E-state index in [0.717, 1.165) is 25.7 Å². The topological polar surface area (TPSA) is 46.5 Å². The maximum Gasteiger partial charge on any atom is 0.310 e. The first-order valence-electron chi connectivity index (χ1n) is 6.28. The zero-order valence-electron chi connectivity index (χ0n) is 10.1. The van der Waals surface area contributed by atoms with Gasteiger partial charge in [0, 0.05) is 0 Å². The Morgan fingerprint density at radius 2 is 2.06 bits per heavy atom. The van der Waals surface area contributed by atoms with E-state index in [-0.39, 0.29) is 18.3 Å². The lowest BCUT2D eigenvalue weighted by molar-refractivity contribution is -0.144. The van der Waals surface area contributed by atoms with Gasteiger partial charge in [0.1, 0.15) is 6.61 Å². The number of ether oxygens (including phenoxy) is 1. The van der Waals surface area contributed by atoms with Crippen molar-refractivity contribution in [3.8, 4) is 5.75 Å². The van der Waals surface area contributed by atoms with Crippen molar-refractivity contribution >= 4 is 5.97 Å². The van der Waals surface area contributed by atoms with E-state index in [1.165, 1.54) is 12.1 Å². The number of hydrogen-bond donors (Lipinski definition) is 1. The van der Waals surface area contributed by atoms with Crippen molar-refractivity contribution in [3.63, 3.8) is 0 Å². The van der Waals surface area contributed by atoms with Gasteiger partial charge in [-0.2, -0.15) is 0 Å². The van der Waals surface area contributed by atoms with Crippen molar-refractivity contribution in [2.75, 3.05) is 6.61 Å². The van der Waals surface area contributed by atoms with Crippen LogP contribution in [0.25, 0.3) is 0 Å². The van der Waals surface area contributed by atoms with Crippen LogP contribution in [0.15, 0.2) is 24.3 Å². The van der Waals surface area contributed by atoms with Crippen LogP contribution in [0.1, 0.15) is 25.7 Å². The molecule has 0 aromatic heterocycles. The van der Waals surface area contributed by atoms with E-state index >= 15 is 0 Å². The number of aliphatic carboxylic acids is 1. The van der Waals surface area contributed by atoms with Crippen LogP contribution >= 0.6 is 0 Å². The standard InChI is InChI=1S/C14H17FO3/c15-12-7-3-4-8-13(12)18-9-11(14(16)17)10-5-1-2-6-10/h3-4,7-8,10-11H,1-2,5-6,9H2,(H,16,17). The van der Waals surface area contributed by atoms with Crippen molar-refractivity contribution in [1.29, 1.82) is 0 Å². The number of carboxylic acids is 1. The van der Waals surface area contributed by atoms with Gasteiger partial charge in [0.15, 0.2) is 11.6 Å². The molecule has 2 rings (SSSR count). The first-order chi connectivity index (χ1) is 8.68. The van der Waals surface area contributed by atoms with Gasteiger partial charge in [-0.05, 0) is 30.9 Å². The van der Waals surface area contributed by atoms with Gasteiger partial charge in [0.2, 0.25) is 0 Å². The fraction of sp³-hybridized carbons (Fsp3) is 0.500. The maximum atomic E-state index is 13.3. The molecule has 1 saturated carbocycles. The summed E-state index contributed by atoms with van der Waals surface area (Å²) in [6.07, 6.45) is 4.01. The Morgan fingerprint density at radius 1 is 1.39 bits per heavy atom. The predicted octanol–water partition coefficient (Wildman–Crippen LogP) is 3.10. The van der Waals surface area contributed by atoms with Gasteiger partial charge in [-0.25, -0.2) is 4.39 Å². The number of halogens is 1. The summed E-state index contributed by atoms with van der Waals surface area (Å²) in [6.45, 7) is 0.0426. The fourth-order valence-electron chi connectivity index (χ4n) is 2.51. The largest absolute Gasteiger partial charge is 0.490 e. The molecular weight excluding hydrogens is 235 g/mol. The molecule has 0 saturated heterocycles. The molecule has 98 valence electrons. The van der Waals surface area contributed by atoms with Gasteiger partial charge in [0.05, 0.1) is 5.92 Å². The summed E-state index contributed by atoms with van der Waals surface area (Å²) in [6, 6.07) is 6.07. The molecule has 1 N–H and O–H groups in total. The molecule has 1 unspecified atom stereocenters. The van der Waals surface area contributed by atoms with Gasteiger partial charge in [-0.15, -0.1) is 0 Å². The molecule has 4 heteroatoms. The minimum absolute atomic E-state index is 0.0426. The lowest BCUT2D eigenvalue weighted by Gasteiger charge is -2.19. The first-order valence-corrected chi connectivity index (χ1v) is 6.28. The van der Waals surface area contributed by atoms with Crippen molar-refractivity contribution in [1.82, 2.24) is 0 Å². The Kier molecular flexibility index (Phi) is 4.18. The van der Waals surface area contributed by atoms with E-state index in [2.05, 4.69) is 0 Å². The van der Waals surface area contributed by atoms with Crippen LogP contribution in [0.5, 0.6) is 5.75 Å². The summed E-state index contributed by atoms with van der Waals surface area (Å²) in [5.41, 5.74) is 0. The summed E-state index contributed by atoms with van der Waals surface area (Å²) in [4.78, 5) is 11.2. The van der Waals surface area contributed by atoms with Crippen LogP contribution < -0.4 is 4.74 Å². The van der Waals surface area contributed by atoms with E-state index in [0.29, 0.717) is 0 Å². The Hall–Kier alpha value is -1.58. The average molecular weight is 252 g/mol. The average Bonchev–Trinajstić information content (AvgIpc) is 2.85. The van der Waals surface area contributed by atoms with Crippen LogP contribution in [0.4, 0.5) is 4.39 Å². The van der Waals surface area contributed by atoms with E-state index in [1.54, 1.807) is 12.1 Å². The SMILES string of the molecule is O=C(O)C(COc1ccccc1F)C1CCCC1. The van der Waals surface area contributed by atoms with Gasteiger partial charge in [-0.1, -0.05) is 25.0 Å². The normalized spacial score (nSPS) is 17.6. The zero-order chi connectivity index (χ0) is 13.0. The molecule has 1 atom stereocenters. The summed E-state index contributed by atoms with van der Waals surface area (Å²) in [5.74, 6) is -1.55. The highest BCUT2D eigenvalue weighted by Crippen LogP contribution is 2.32. The minimum atomic E-state index is -0.849. The van der Waals surface area contributed by atoms with Crippen LogP contribution in [0.3, 0.4) is 0 Å². The molecule has 1 aromatic rings.